The molecular formula is C13H11ClN2O4. The van der Waals surface area contributed by atoms with Gasteiger partial charge in [-0.1, -0.05) is 11.6 Å². The molecule has 0 spiro atoms. The molecular weight excluding hydrogens is 284 g/mol. The van der Waals surface area contributed by atoms with Crippen LogP contribution in [0.15, 0.2) is 47.1 Å². The summed E-state index contributed by atoms with van der Waals surface area (Å²) < 4.78 is 10.1. The first-order valence-electron chi connectivity index (χ1n) is 5.66. The second-order valence-corrected chi connectivity index (χ2v) is 4.16. The summed E-state index contributed by atoms with van der Waals surface area (Å²) in [6.45, 7) is -0.236. The van der Waals surface area contributed by atoms with Crippen molar-refractivity contribution < 1.29 is 18.7 Å². The zero-order valence-corrected chi connectivity index (χ0v) is 11.0. The molecule has 0 atom stereocenters. The fourth-order valence-electron chi connectivity index (χ4n) is 1.31. The minimum absolute atomic E-state index is 0.101. The minimum Gasteiger partial charge on any atom is -0.484 e. The number of hydrazine groups is 1. The Bertz CT molecular complexity index is 581. The molecule has 1 aromatic heterocycles. The van der Waals surface area contributed by atoms with Crippen molar-refractivity contribution in [3.63, 3.8) is 0 Å². The molecule has 1 heterocycles. The summed E-state index contributed by atoms with van der Waals surface area (Å²) in [6.07, 6.45) is 1.36. The third kappa shape index (κ3) is 4.03. The number of ether oxygens (including phenoxy) is 1. The van der Waals surface area contributed by atoms with Gasteiger partial charge in [0.15, 0.2) is 12.4 Å². The predicted molar refractivity (Wildman–Crippen MR) is 71.3 cm³/mol. The van der Waals surface area contributed by atoms with E-state index in [1.54, 1.807) is 30.3 Å². The molecule has 0 saturated carbocycles. The van der Waals surface area contributed by atoms with Gasteiger partial charge in [-0.2, -0.15) is 0 Å². The third-order valence-corrected chi connectivity index (χ3v) is 2.50. The Morgan fingerprint density at radius 2 is 1.90 bits per heavy atom. The summed E-state index contributed by atoms with van der Waals surface area (Å²) in [4.78, 5) is 22.9. The van der Waals surface area contributed by atoms with Gasteiger partial charge in [-0.05, 0) is 36.4 Å². The highest BCUT2D eigenvalue weighted by molar-refractivity contribution is 6.30. The largest absolute Gasteiger partial charge is 0.484 e. The van der Waals surface area contributed by atoms with Gasteiger partial charge >= 0.3 is 5.91 Å². The molecule has 0 aliphatic heterocycles. The average molecular weight is 295 g/mol. The van der Waals surface area contributed by atoms with E-state index in [1.807, 2.05) is 0 Å². The number of carbonyl (C=O) groups is 2. The smallest absolute Gasteiger partial charge is 0.305 e. The minimum atomic E-state index is -0.546. The van der Waals surface area contributed by atoms with Crippen LogP contribution in [-0.2, 0) is 4.79 Å². The lowest BCUT2D eigenvalue weighted by atomic mass is 10.3. The van der Waals surface area contributed by atoms with E-state index < -0.39 is 11.8 Å². The highest BCUT2D eigenvalue weighted by Gasteiger charge is 2.09. The maximum Gasteiger partial charge on any atom is 0.305 e. The Morgan fingerprint density at radius 3 is 2.55 bits per heavy atom. The van der Waals surface area contributed by atoms with Crippen molar-refractivity contribution in [3.8, 4) is 5.75 Å². The summed E-state index contributed by atoms with van der Waals surface area (Å²) in [5.74, 6) is -0.444. The van der Waals surface area contributed by atoms with Crippen molar-refractivity contribution >= 4 is 23.4 Å². The SMILES string of the molecule is O=C(COc1ccc(Cl)cc1)NNC(=O)c1ccco1. The topological polar surface area (TPSA) is 80.6 Å². The van der Waals surface area contributed by atoms with Gasteiger partial charge in [0.1, 0.15) is 5.75 Å². The monoisotopic (exact) mass is 294 g/mol. The quantitative estimate of drug-likeness (QED) is 0.842. The van der Waals surface area contributed by atoms with Crippen LogP contribution in [0.2, 0.25) is 5.02 Å². The van der Waals surface area contributed by atoms with Gasteiger partial charge in [0.05, 0.1) is 6.26 Å². The summed E-state index contributed by atoms with van der Waals surface area (Å²) in [7, 11) is 0. The Morgan fingerprint density at radius 1 is 1.15 bits per heavy atom. The zero-order chi connectivity index (χ0) is 14.4. The Labute approximate surface area is 119 Å². The second kappa shape index (κ2) is 6.63. The molecule has 104 valence electrons. The lowest BCUT2D eigenvalue weighted by Crippen LogP contribution is -2.43. The molecule has 1 aromatic carbocycles. The molecule has 2 rings (SSSR count). The van der Waals surface area contributed by atoms with E-state index in [2.05, 4.69) is 10.9 Å². The number of nitrogens with one attached hydrogen (secondary N) is 2. The normalized spacial score (nSPS) is 9.85. The number of hydrogen-bond acceptors (Lipinski definition) is 4. The first kappa shape index (κ1) is 14.0. The van der Waals surface area contributed by atoms with E-state index in [0.717, 1.165) is 0 Å². The average Bonchev–Trinajstić information content (AvgIpc) is 2.98. The summed E-state index contributed by atoms with van der Waals surface area (Å²) in [5.41, 5.74) is 4.40. The van der Waals surface area contributed by atoms with E-state index in [4.69, 9.17) is 20.8 Å². The fourth-order valence-corrected chi connectivity index (χ4v) is 1.44. The van der Waals surface area contributed by atoms with E-state index in [9.17, 15) is 9.59 Å². The van der Waals surface area contributed by atoms with Gasteiger partial charge in [0, 0.05) is 5.02 Å². The molecule has 2 amide bonds. The first-order chi connectivity index (χ1) is 9.65. The molecule has 0 unspecified atom stereocenters. The number of furan rings is 1. The Kier molecular flexibility index (Phi) is 4.62. The lowest BCUT2D eigenvalue weighted by molar-refractivity contribution is -0.123. The standard InChI is InChI=1S/C13H11ClN2O4/c14-9-3-5-10(6-4-9)20-8-12(17)15-16-13(18)11-2-1-7-19-11/h1-7H,8H2,(H,15,17)(H,16,18). The van der Waals surface area contributed by atoms with Gasteiger partial charge in [-0.25, -0.2) is 0 Å². The maximum absolute atomic E-state index is 11.4. The molecule has 7 heteroatoms. The van der Waals surface area contributed by atoms with Crippen molar-refractivity contribution in [1.82, 2.24) is 10.9 Å². The molecule has 0 bridgehead atoms. The third-order valence-electron chi connectivity index (χ3n) is 2.24. The number of rotatable bonds is 4. The van der Waals surface area contributed by atoms with Gasteiger partial charge in [0.25, 0.3) is 5.91 Å². The summed E-state index contributed by atoms with van der Waals surface area (Å²) in [6, 6.07) is 9.61. The molecule has 0 aliphatic rings. The zero-order valence-electron chi connectivity index (χ0n) is 10.3. The van der Waals surface area contributed by atoms with Gasteiger partial charge < -0.3 is 9.15 Å². The summed E-state index contributed by atoms with van der Waals surface area (Å²) in [5, 5.41) is 0.576. The van der Waals surface area contributed by atoms with Gasteiger partial charge in [0.2, 0.25) is 0 Å². The van der Waals surface area contributed by atoms with Crippen LogP contribution >= 0.6 is 11.6 Å². The molecule has 0 saturated heterocycles. The number of carbonyl (C=O) groups excluding carboxylic acids is 2. The Hall–Kier alpha value is -2.47. The van der Waals surface area contributed by atoms with Crippen LogP contribution in [-0.4, -0.2) is 18.4 Å². The number of amides is 2. The molecule has 0 radical (unpaired) electrons. The number of hydrogen-bond donors (Lipinski definition) is 2. The molecule has 2 N–H and O–H groups in total. The van der Waals surface area contributed by atoms with E-state index in [1.165, 1.54) is 12.3 Å². The molecule has 0 fully saturated rings. The number of benzene rings is 1. The van der Waals surface area contributed by atoms with Crippen molar-refractivity contribution in [2.75, 3.05) is 6.61 Å². The summed E-state index contributed by atoms with van der Waals surface area (Å²) >= 11 is 5.72. The van der Waals surface area contributed by atoms with Crippen LogP contribution in [0.4, 0.5) is 0 Å². The predicted octanol–water partition coefficient (Wildman–Crippen LogP) is 1.77. The lowest BCUT2D eigenvalue weighted by Gasteiger charge is -2.07. The van der Waals surface area contributed by atoms with E-state index in [0.29, 0.717) is 10.8 Å². The highest BCUT2D eigenvalue weighted by atomic mass is 35.5. The van der Waals surface area contributed by atoms with Crippen LogP contribution in [0.1, 0.15) is 10.6 Å². The fraction of sp³-hybridized carbons (Fsp3) is 0.0769. The highest BCUT2D eigenvalue weighted by Crippen LogP contribution is 2.15. The van der Waals surface area contributed by atoms with E-state index >= 15 is 0 Å². The van der Waals surface area contributed by atoms with Crippen molar-refractivity contribution in [2.45, 2.75) is 0 Å². The van der Waals surface area contributed by atoms with Gasteiger partial charge in [-0.3, -0.25) is 20.4 Å². The molecule has 6 nitrogen and oxygen atoms in total. The molecule has 0 aliphatic carbocycles. The van der Waals surface area contributed by atoms with Crippen LogP contribution in [0.5, 0.6) is 5.75 Å². The van der Waals surface area contributed by atoms with Crippen molar-refractivity contribution in [2.24, 2.45) is 0 Å². The molecule has 20 heavy (non-hydrogen) atoms. The first-order valence-corrected chi connectivity index (χ1v) is 6.04. The van der Waals surface area contributed by atoms with Crippen LogP contribution in [0, 0.1) is 0 Å². The maximum atomic E-state index is 11.4. The van der Waals surface area contributed by atoms with Crippen LogP contribution in [0.3, 0.4) is 0 Å². The molecule has 2 aromatic rings. The van der Waals surface area contributed by atoms with Crippen LogP contribution < -0.4 is 15.6 Å². The second-order valence-electron chi connectivity index (χ2n) is 3.72. The van der Waals surface area contributed by atoms with Crippen molar-refractivity contribution in [1.29, 1.82) is 0 Å². The Balaban J connectivity index is 1.73. The van der Waals surface area contributed by atoms with Crippen LogP contribution in [0.25, 0.3) is 0 Å². The van der Waals surface area contributed by atoms with E-state index in [-0.39, 0.29) is 12.4 Å². The van der Waals surface area contributed by atoms with Gasteiger partial charge in [-0.15, -0.1) is 0 Å². The van der Waals surface area contributed by atoms with Crippen molar-refractivity contribution in [3.05, 3.63) is 53.4 Å². The number of halogens is 1.